The Hall–Kier alpha value is 0.170. The zero-order valence-electron chi connectivity index (χ0n) is 15.4. The molecule has 1 aromatic carbocycles. The first-order valence-electron chi connectivity index (χ1n) is 8.44. The fraction of sp³-hybridized carbons (Fsp3) is 0.667. The summed E-state index contributed by atoms with van der Waals surface area (Å²) in [6, 6.07) is 8.79. The number of unbranched alkanes of at least 4 members (excludes halogenated alkanes) is 9. The van der Waals surface area contributed by atoms with Crippen molar-refractivity contribution in [3.8, 4) is 0 Å². The molecule has 0 aromatic heterocycles. The molecule has 0 spiro atoms. The van der Waals surface area contributed by atoms with E-state index in [0.717, 1.165) is 19.3 Å². The molecule has 2 nitrogen and oxygen atoms in total. The molecule has 122 valence electrons. The van der Waals surface area contributed by atoms with Crippen LogP contribution >= 0.6 is 0 Å². The first kappa shape index (κ1) is 22.2. The molecular weight excluding hydrogens is 303 g/mol. The summed E-state index contributed by atoms with van der Waals surface area (Å²) in [6.07, 6.45) is 12.2. The molecule has 0 aliphatic heterocycles. The van der Waals surface area contributed by atoms with Gasteiger partial charge in [-0.1, -0.05) is 82.9 Å². The zero-order valence-corrected chi connectivity index (χ0v) is 17.2. The maximum absolute atomic E-state index is 12.1. The van der Waals surface area contributed by atoms with Crippen LogP contribution in [0.4, 0.5) is 0 Å². The van der Waals surface area contributed by atoms with Gasteiger partial charge in [0.05, 0.1) is 10.6 Å². The van der Waals surface area contributed by atoms with Crippen LogP contribution in [0.5, 0.6) is 0 Å². The Labute approximate surface area is 160 Å². The van der Waals surface area contributed by atoms with Crippen molar-refractivity contribution < 1.29 is 39.4 Å². The summed E-state index contributed by atoms with van der Waals surface area (Å²) in [5.74, 6) is 0.285. The number of hydrogen-bond donors (Lipinski definition) is 0. The van der Waals surface area contributed by atoms with Gasteiger partial charge in [-0.3, -0.25) is 0 Å². The van der Waals surface area contributed by atoms with Gasteiger partial charge >= 0.3 is 29.6 Å². The van der Waals surface area contributed by atoms with Gasteiger partial charge in [0.1, 0.15) is 0 Å². The van der Waals surface area contributed by atoms with Gasteiger partial charge in [0.2, 0.25) is 0 Å². The summed E-state index contributed by atoms with van der Waals surface area (Å²) in [6.45, 7) is 2.24. The molecule has 0 aliphatic rings. The summed E-state index contributed by atoms with van der Waals surface area (Å²) in [7, 11) is -3.07. The smallest absolute Gasteiger partial charge is 1.00 e. The third-order valence-electron chi connectivity index (χ3n) is 3.87. The van der Waals surface area contributed by atoms with E-state index >= 15 is 0 Å². The number of rotatable bonds is 12. The number of sulfone groups is 1. The van der Waals surface area contributed by atoms with Crippen molar-refractivity contribution in [3.05, 3.63) is 30.3 Å². The molecule has 0 unspecified atom stereocenters. The molecule has 0 heterocycles. The zero-order chi connectivity index (χ0) is 15.4. The Morgan fingerprint density at radius 1 is 0.773 bits per heavy atom. The summed E-state index contributed by atoms with van der Waals surface area (Å²) in [5, 5.41) is 0. The fourth-order valence-corrected chi connectivity index (χ4v) is 3.92. The molecule has 0 radical (unpaired) electrons. The predicted octanol–water partition coefficient (Wildman–Crippen LogP) is 2.50. The van der Waals surface area contributed by atoms with Gasteiger partial charge in [-0.05, 0) is 18.6 Å². The second kappa shape index (κ2) is 13.6. The van der Waals surface area contributed by atoms with E-state index in [1.807, 2.05) is 6.07 Å². The average molecular weight is 335 g/mol. The molecule has 0 N–H and O–H groups in total. The van der Waals surface area contributed by atoms with Gasteiger partial charge in [0, 0.05) is 0 Å². The molecule has 0 aliphatic carbocycles. The molecule has 1 aromatic rings. The van der Waals surface area contributed by atoms with E-state index in [2.05, 4.69) is 6.92 Å². The Morgan fingerprint density at radius 2 is 1.23 bits per heavy atom. The molecule has 0 fully saturated rings. The topological polar surface area (TPSA) is 34.1 Å². The van der Waals surface area contributed by atoms with Crippen LogP contribution in [0.15, 0.2) is 35.2 Å². The quantitative estimate of drug-likeness (QED) is 0.435. The summed E-state index contributed by atoms with van der Waals surface area (Å²) >= 11 is 0. The third kappa shape index (κ3) is 10.0. The molecule has 0 saturated carbocycles. The van der Waals surface area contributed by atoms with Crippen LogP contribution in [0.1, 0.15) is 72.6 Å². The molecule has 0 bridgehead atoms. The van der Waals surface area contributed by atoms with Gasteiger partial charge in [-0.25, -0.2) is 8.42 Å². The van der Waals surface area contributed by atoms with Gasteiger partial charge in [0.25, 0.3) is 0 Å². The Bertz CT molecular complexity index is 463. The van der Waals surface area contributed by atoms with E-state index in [9.17, 15) is 8.42 Å². The summed E-state index contributed by atoms with van der Waals surface area (Å²) < 4.78 is 24.1. The fourth-order valence-electron chi connectivity index (χ4n) is 2.53. The second-order valence-electron chi connectivity index (χ2n) is 5.81. The first-order chi connectivity index (χ1) is 10.2. The van der Waals surface area contributed by atoms with E-state index in [1.165, 1.54) is 44.9 Å². The van der Waals surface area contributed by atoms with Gasteiger partial charge in [-0.2, -0.15) is 0 Å². The Kier molecular flexibility index (Phi) is 13.7. The van der Waals surface area contributed by atoms with Crippen molar-refractivity contribution >= 4 is 9.84 Å². The van der Waals surface area contributed by atoms with Gasteiger partial charge in [-0.15, -0.1) is 0 Å². The number of hydrogen-bond acceptors (Lipinski definition) is 2. The standard InChI is InChI=1S/C18H30O2S.Na.H/c1-2-3-4-5-6-7-8-9-10-14-17-21(19,20)18-15-12-11-13-16-18;;/h11-13,15-16H,2-10,14,17H2,1H3;;/q;+1;-1. The van der Waals surface area contributed by atoms with Gasteiger partial charge < -0.3 is 1.43 Å². The maximum Gasteiger partial charge on any atom is 1.00 e. The maximum atomic E-state index is 12.1. The number of benzene rings is 1. The van der Waals surface area contributed by atoms with Crippen molar-refractivity contribution in [3.63, 3.8) is 0 Å². The Balaban J connectivity index is 0. The normalized spacial score (nSPS) is 11.1. The minimum absolute atomic E-state index is 0. The predicted molar refractivity (Wildman–Crippen MR) is 91.5 cm³/mol. The summed E-state index contributed by atoms with van der Waals surface area (Å²) in [5.41, 5.74) is 0. The molecule has 0 atom stereocenters. The average Bonchev–Trinajstić information content (AvgIpc) is 2.50. The minimum atomic E-state index is -3.07. The molecule has 0 amide bonds. The van der Waals surface area contributed by atoms with Crippen LogP contribution in [0.2, 0.25) is 0 Å². The Morgan fingerprint density at radius 3 is 1.73 bits per heavy atom. The second-order valence-corrected chi connectivity index (χ2v) is 7.92. The van der Waals surface area contributed by atoms with Crippen molar-refractivity contribution in [2.45, 2.75) is 76.0 Å². The molecular formula is C18H31NaO2S. The minimum Gasteiger partial charge on any atom is -1.00 e. The largest absolute Gasteiger partial charge is 1.00 e. The third-order valence-corrected chi connectivity index (χ3v) is 5.69. The first-order valence-corrected chi connectivity index (χ1v) is 10.1. The van der Waals surface area contributed by atoms with E-state index in [0.29, 0.717) is 4.90 Å². The van der Waals surface area contributed by atoms with E-state index in [1.54, 1.807) is 24.3 Å². The van der Waals surface area contributed by atoms with E-state index in [4.69, 9.17) is 0 Å². The summed E-state index contributed by atoms with van der Waals surface area (Å²) in [4.78, 5) is 0.459. The molecule has 4 heteroatoms. The van der Waals surface area contributed by atoms with Crippen LogP contribution in [0.25, 0.3) is 0 Å². The van der Waals surface area contributed by atoms with Crippen molar-refractivity contribution in [2.24, 2.45) is 0 Å². The van der Waals surface area contributed by atoms with Crippen LogP contribution in [-0.4, -0.2) is 14.2 Å². The molecule has 1 rings (SSSR count). The molecule has 22 heavy (non-hydrogen) atoms. The van der Waals surface area contributed by atoms with E-state index < -0.39 is 9.84 Å². The molecule has 0 saturated heterocycles. The van der Waals surface area contributed by atoms with Crippen LogP contribution < -0.4 is 29.6 Å². The van der Waals surface area contributed by atoms with Crippen molar-refractivity contribution in [1.82, 2.24) is 0 Å². The van der Waals surface area contributed by atoms with Crippen molar-refractivity contribution in [1.29, 1.82) is 0 Å². The SMILES string of the molecule is CCCCCCCCCCCCS(=O)(=O)c1ccccc1.[H-].[Na+]. The van der Waals surface area contributed by atoms with Crippen LogP contribution in [0, 0.1) is 0 Å². The van der Waals surface area contributed by atoms with Crippen molar-refractivity contribution in [2.75, 3.05) is 5.75 Å². The monoisotopic (exact) mass is 334 g/mol. The van der Waals surface area contributed by atoms with Crippen LogP contribution in [-0.2, 0) is 9.84 Å². The van der Waals surface area contributed by atoms with E-state index in [-0.39, 0.29) is 36.7 Å². The van der Waals surface area contributed by atoms with Gasteiger partial charge in [0.15, 0.2) is 9.84 Å². The van der Waals surface area contributed by atoms with Crippen LogP contribution in [0.3, 0.4) is 0 Å².